The summed E-state index contributed by atoms with van der Waals surface area (Å²) in [6, 6.07) is 13.8. The van der Waals surface area contributed by atoms with Crippen molar-refractivity contribution in [2.75, 3.05) is 18.5 Å². The number of H-pyrrole nitrogens is 1. The summed E-state index contributed by atoms with van der Waals surface area (Å²) in [5.41, 5.74) is 2.37. The monoisotopic (exact) mass is 428 g/mol. The summed E-state index contributed by atoms with van der Waals surface area (Å²) >= 11 is 0. The fourth-order valence-electron chi connectivity index (χ4n) is 3.40. The number of para-hydroxylation sites is 2. The van der Waals surface area contributed by atoms with E-state index in [-0.39, 0.29) is 23.3 Å². The molecular weight excluding hydrogens is 404 g/mol. The van der Waals surface area contributed by atoms with Crippen molar-refractivity contribution in [1.82, 2.24) is 14.7 Å². The van der Waals surface area contributed by atoms with Crippen LogP contribution in [0.3, 0.4) is 0 Å². The van der Waals surface area contributed by atoms with Gasteiger partial charge in [0.05, 0.1) is 15.9 Å². The van der Waals surface area contributed by atoms with Gasteiger partial charge in [0.15, 0.2) is 0 Å². The van der Waals surface area contributed by atoms with Gasteiger partial charge in [-0.05, 0) is 49.2 Å². The smallest absolute Gasteiger partial charge is 0.240 e. The summed E-state index contributed by atoms with van der Waals surface area (Å²) in [6.45, 7) is 1.12. The second kappa shape index (κ2) is 8.95. The number of nitrogens with one attached hydrogen (secondary N) is 3. The highest BCUT2D eigenvalue weighted by Crippen LogP contribution is 2.17. The molecule has 3 N–H and O–H groups in total. The maximum absolute atomic E-state index is 12.5. The van der Waals surface area contributed by atoms with Crippen LogP contribution in [0, 0.1) is 0 Å². The molecule has 3 aromatic rings. The Balaban J connectivity index is 1.31. The van der Waals surface area contributed by atoms with E-state index < -0.39 is 10.0 Å². The minimum Gasteiger partial charge on any atom is -0.381 e. The molecule has 0 unspecified atom stereocenters. The van der Waals surface area contributed by atoms with Gasteiger partial charge >= 0.3 is 0 Å². The molecule has 0 saturated carbocycles. The molecule has 0 atom stereocenters. The van der Waals surface area contributed by atoms with E-state index in [0.717, 1.165) is 16.9 Å². The predicted molar refractivity (Wildman–Crippen MR) is 114 cm³/mol. The highest BCUT2D eigenvalue weighted by Gasteiger charge is 2.22. The molecule has 158 valence electrons. The molecule has 8 nitrogen and oxygen atoms in total. The molecule has 1 aliphatic rings. The van der Waals surface area contributed by atoms with E-state index in [9.17, 15) is 13.2 Å². The lowest BCUT2D eigenvalue weighted by Gasteiger charge is -2.23. The number of sulfonamides is 1. The maximum atomic E-state index is 12.5. The third-order valence-electron chi connectivity index (χ3n) is 5.02. The van der Waals surface area contributed by atoms with Gasteiger partial charge in [0, 0.05) is 37.8 Å². The lowest BCUT2D eigenvalue weighted by Crippen LogP contribution is -2.38. The molecule has 0 aliphatic carbocycles. The van der Waals surface area contributed by atoms with Gasteiger partial charge in [0.1, 0.15) is 5.82 Å². The molecule has 2 heterocycles. The predicted octanol–water partition coefficient (Wildman–Crippen LogP) is 2.59. The zero-order chi connectivity index (χ0) is 21.0. The van der Waals surface area contributed by atoms with Crippen molar-refractivity contribution in [3.63, 3.8) is 0 Å². The number of nitrogens with zero attached hydrogens (tertiary/aromatic N) is 1. The SMILES string of the molecule is O=C(CCc1nc2ccccc2[nH]1)Nc1ccc(S(=O)(=O)NC2CCOCC2)cc1. The van der Waals surface area contributed by atoms with E-state index in [2.05, 4.69) is 20.0 Å². The molecule has 0 spiro atoms. The average Bonchev–Trinajstić information content (AvgIpc) is 3.16. The number of carbonyl (C=O) groups is 1. The summed E-state index contributed by atoms with van der Waals surface area (Å²) in [4.78, 5) is 20.1. The van der Waals surface area contributed by atoms with Gasteiger partial charge in [-0.1, -0.05) is 12.1 Å². The number of anilines is 1. The highest BCUT2D eigenvalue weighted by atomic mass is 32.2. The first-order valence-electron chi connectivity index (χ1n) is 9.93. The molecule has 9 heteroatoms. The molecule has 4 rings (SSSR count). The molecule has 0 radical (unpaired) electrons. The normalized spacial score (nSPS) is 15.3. The van der Waals surface area contributed by atoms with Crippen LogP contribution in [0.5, 0.6) is 0 Å². The zero-order valence-corrected chi connectivity index (χ0v) is 17.2. The van der Waals surface area contributed by atoms with Crippen LogP contribution in [0.1, 0.15) is 25.1 Å². The van der Waals surface area contributed by atoms with Gasteiger partial charge in [0.25, 0.3) is 0 Å². The Morgan fingerprint density at radius 1 is 1.10 bits per heavy atom. The molecule has 1 fully saturated rings. The highest BCUT2D eigenvalue weighted by molar-refractivity contribution is 7.89. The lowest BCUT2D eigenvalue weighted by atomic mass is 10.1. The number of fused-ring (bicyclic) bond motifs is 1. The lowest BCUT2D eigenvalue weighted by molar-refractivity contribution is -0.116. The number of imidazole rings is 1. The van der Waals surface area contributed by atoms with E-state index in [1.54, 1.807) is 12.1 Å². The van der Waals surface area contributed by atoms with Gasteiger partial charge in [-0.2, -0.15) is 0 Å². The molecule has 1 aromatic heterocycles. The Bertz CT molecular complexity index is 1090. The molecule has 1 aliphatic heterocycles. The van der Waals surface area contributed by atoms with Crippen LogP contribution in [0.15, 0.2) is 53.4 Å². The van der Waals surface area contributed by atoms with Crippen LogP contribution in [-0.4, -0.2) is 43.5 Å². The summed E-state index contributed by atoms with van der Waals surface area (Å²) in [6.07, 6.45) is 2.09. The number of aromatic amines is 1. The van der Waals surface area contributed by atoms with Crippen molar-refractivity contribution in [2.24, 2.45) is 0 Å². The van der Waals surface area contributed by atoms with E-state index >= 15 is 0 Å². The molecule has 1 saturated heterocycles. The Kier molecular flexibility index (Phi) is 6.12. The number of aromatic nitrogens is 2. The Labute approximate surface area is 175 Å². The first kappa shape index (κ1) is 20.5. The number of hydrogen-bond acceptors (Lipinski definition) is 5. The third kappa shape index (κ3) is 5.05. The second-order valence-corrected chi connectivity index (χ2v) is 9.00. The number of hydrogen-bond donors (Lipinski definition) is 3. The van der Waals surface area contributed by atoms with Crippen molar-refractivity contribution in [3.8, 4) is 0 Å². The number of aryl methyl sites for hydroxylation is 1. The minimum absolute atomic E-state index is 0.110. The molecule has 30 heavy (non-hydrogen) atoms. The summed E-state index contributed by atoms with van der Waals surface area (Å²) < 4.78 is 33.0. The number of rotatable bonds is 7. The maximum Gasteiger partial charge on any atom is 0.240 e. The van der Waals surface area contributed by atoms with Crippen LogP contribution in [0.25, 0.3) is 11.0 Å². The number of benzene rings is 2. The van der Waals surface area contributed by atoms with E-state index in [4.69, 9.17) is 4.74 Å². The van der Waals surface area contributed by atoms with E-state index in [1.165, 1.54) is 12.1 Å². The second-order valence-electron chi connectivity index (χ2n) is 7.28. The third-order valence-corrected chi connectivity index (χ3v) is 6.56. The van der Waals surface area contributed by atoms with Crippen LogP contribution in [-0.2, 0) is 26.0 Å². The van der Waals surface area contributed by atoms with Crippen molar-refractivity contribution in [3.05, 3.63) is 54.4 Å². The molecule has 1 amide bonds. The van der Waals surface area contributed by atoms with Crippen LogP contribution < -0.4 is 10.0 Å². The average molecular weight is 429 g/mol. The zero-order valence-electron chi connectivity index (χ0n) is 16.4. The summed E-state index contributed by atoms with van der Waals surface area (Å²) in [7, 11) is -3.59. The first-order chi connectivity index (χ1) is 14.5. The van der Waals surface area contributed by atoms with Crippen molar-refractivity contribution in [2.45, 2.75) is 36.6 Å². The van der Waals surface area contributed by atoms with Gasteiger partial charge in [-0.25, -0.2) is 18.1 Å². The Hall–Kier alpha value is -2.75. The van der Waals surface area contributed by atoms with Crippen molar-refractivity contribution < 1.29 is 17.9 Å². The fraction of sp³-hybridized carbons (Fsp3) is 0.333. The van der Waals surface area contributed by atoms with Crippen LogP contribution in [0.4, 0.5) is 5.69 Å². The molecule has 2 aromatic carbocycles. The summed E-state index contributed by atoms with van der Waals surface area (Å²) in [5.74, 6) is 0.596. The summed E-state index contributed by atoms with van der Waals surface area (Å²) in [5, 5.41) is 2.79. The fourth-order valence-corrected chi connectivity index (χ4v) is 4.70. The quantitative estimate of drug-likeness (QED) is 0.535. The van der Waals surface area contributed by atoms with Gasteiger partial charge in [-0.15, -0.1) is 0 Å². The van der Waals surface area contributed by atoms with Gasteiger partial charge < -0.3 is 15.0 Å². The first-order valence-corrected chi connectivity index (χ1v) is 11.4. The Morgan fingerprint density at radius 3 is 2.57 bits per heavy atom. The van der Waals surface area contributed by atoms with Crippen molar-refractivity contribution in [1.29, 1.82) is 0 Å². The standard InChI is InChI=1S/C21H24N4O4S/c26-21(10-9-20-23-18-3-1-2-4-19(18)24-20)22-15-5-7-17(8-6-15)30(27,28)25-16-11-13-29-14-12-16/h1-8,16,25H,9-14H2,(H,22,26)(H,23,24). The van der Waals surface area contributed by atoms with Crippen LogP contribution >= 0.6 is 0 Å². The van der Waals surface area contributed by atoms with Crippen LogP contribution in [0.2, 0.25) is 0 Å². The molecule has 0 bridgehead atoms. The largest absolute Gasteiger partial charge is 0.381 e. The van der Waals surface area contributed by atoms with Gasteiger partial charge in [0.2, 0.25) is 15.9 Å². The minimum atomic E-state index is -3.59. The number of ether oxygens (including phenoxy) is 1. The van der Waals surface area contributed by atoms with E-state index in [0.29, 0.717) is 38.2 Å². The molecular formula is C21H24N4O4S. The topological polar surface area (TPSA) is 113 Å². The number of carbonyl (C=O) groups excluding carboxylic acids is 1. The number of amides is 1. The van der Waals surface area contributed by atoms with Gasteiger partial charge in [-0.3, -0.25) is 4.79 Å². The van der Waals surface area contributed by atoms with E-state index in [1.807, 2.05) is 24.3 Å². The Morgan fingerprint density at radius 2 is 1.83 bits per heavy atom. The van der Waals surface area contributed by atoms with Crippen molar-refractivity contribution >= 4 is 32.7 Å².